The van der Waals surface area contributed by atoms with E-state index in [0.717, 1.165) is 22.9 Å². The number of fused-ring (bicyclic) bond motifs is 1. The van der Waals surface area contributed by atoms with Crippen molar-refractivity contribution in [2.45, 2.75) is 13.3 Å². The molecule has 0 saturated heterocycles. The number of nitrogens with one attached hydrogen (secondary N) is 2. The summed E-state index contributed by atoms with van der Waals surface area (Å²) < 4.78 is 5.31. The van der Waals surface area contributed by atoms with E-state index in [4.69, 9.17) is 16.3 Å². The van der Waals surface area contributed by atoms with E-state index in [1.807, 2.05) is 31.3 Å². The van der Waals surface area contributed by atoms with Crippen molar-refractivity contribution in [1.82, 2.24) is 15.3 Å². The normalized spacial score (nSPS) is 10.8. The maximum absolute atomic E-state index is 12.2. The number of benzene rings is 1. The molecule has 3 rings (SSSR count). The molecule has 0 fully saturated rings. The number of halogens is 1. The Morgan fingerprint density at radius 1 is 1.38 bits per heavy atom. The molecular weight excluding hydrogens is 326 g/mol. The summed E-state index contributed by atoms with van der Waals surface area (Å²) in [4.78, 5) is 19.5. The summed E-state index contributed by atoms with van der Waals surface area (Å²) in [5.74, 6) is 0.313. The van der Waals surface area contributed by atoms with Gasteiger partial charge in [-0.15, -0.1) is 0 Å². The van der Waals surface area contributed by atoms with Crippen molar-refractivity contribution in [3.63, 3.8) is 0 Å². The average Bonchev–Trinajstić information content (AvgIpc) is 3.00. The first-order valence-electron chi connectivity index (χ1n) is 7.80. The number of para-hydroxylation sites is 1. The van der Waals surface area contributed by atoms with Gasteiger partial charge in [-0.2, -0.15) is 0 Å². The largest absolute Gasteiger partial charge is 0.478 e. The van der Waals surface area contributed by atoms with Crippen molar-refractivity contribution in [1.29, 1.82) is 0 Å². The molecule has 2 heterocycles. The summed E-state index contributed by atoms with van der Waals surface area (Å²) in [5, 5.41) is 4.70. The monoisotopic (exact) mass is 343 g/mol. The minimum atomic E-state index is -0.142. The minimum absolute atomic E-state index is 0.142. The number of carbonyl (C=O) groups excluding carboxylic acids is 1. The van der Waals surface area contributed by atoms with Crippen LogP contribution in [0.25, 0.3) is 10.9 Å². The Morgan fingerprint density at radius 2 is 2.25 bits per heavy atom. The molecule has 1 aromatic carbocycles. The molecule has 1 amide bonds. The zero-order chi connectivity index (χ0) is 16.9. The van der Waals surface area contributed by atoms with Crippen molar-refractivity contribution in [2.75, 3.05) is 13.2 Å². The van der Waals surface area contributed by atoms with E-state index in [9.17, 15) is 4.79 Å². The van der Waals surface area contributed by atoms with Gasteiger partial charge in [-0.25, -0.2) is 4.98 Å². The zero-order valence-corrected chi connectivity index (χ0v) is 14.1. The lowest BCUT2D eigenvalue weighted by Gasteiger charge is -2.07. The smallest absolute Gasteiger partial charge is 0.251 e. The van der Waals surface area contributed by atoms with Gasteiger partial charge in [0.25, 0.3) is 5.91 Å². The third-order valence-electron chi connectivity index (χ3n) is 3.72. The summed E-state index contributed by atoms with van der Waals surface area (Å²) in [6, 6.07) is 9.11. The molecule has 0 aliphatic rings. The molecule has 0 spiro atoms. The highest BCUT2D eigenvalue weighted by Gasteiger charge is 2.09. The lowest BCUT2D eigenvalue weighted by atomic mass is 10.1. The zero-order valence-electron chi connectivity index (χ0n) is 13.3. The van der Waals surface area contributed by atoms with E-state index in [1.165, 1.54) is 0 Å². The van der Waals surface area contributed by atoms with Gasteiger partial charge in [0.05, 0.1) is 17.1 Å². The second-order valence-corrected chi connectivity index (χ2v) is 5.71. The highest BCUT2D eigenvalue weighted by molar-refractivity contribution is 6.35. The maximum Gasteiger partial charge on any atom is 0.251 e. The standard InChI is InChI=1S/C18H18ClN3O2/c1-2-24-16-10-12(6-8-20-16)18(23)21-9-7-13-11-22-17-14(13)4-3-5-15(17)19/h3-6,8,10-11,22H,2,7,9H2,1H3,(H,21,23). The van der Waals surface area contributed by atoms with Crippen LogP contribution in [0, 0.1) is 0 Å². The van der Waals surface area contributed by atoms with Crippen LogP contribution in [0.5, 0.6) is 5.88 Å². The first-order chi connectivity index (χ1) is 11.7. The van der Waals surface area contributed by atoms with Gasteiger partial charge < -0.3 is 15.0 Å². The van der Waals surface area contributed by atoms with Crippen LogP contribution < -0.4 is 10.1 Å². The van der Waals surface area contributed by atoms with Gasteiger partial charge in [-0.3, -0.25) is 4.79 Å². The number of pyridine rings is 1. The van der Waals surface area contributed by atoms with Gasteiger partial charge in [0.2, 0.25) is 5.88 Å². The lowest BCUT2D eigenvalue weighted by Crippen LogP contribution is -2.25. The third kappa shape index (κ3) is 3.51. The van der Waals surface area contributed by atoms with Gasteiger partial charge in [-0.1, -0.05) is 23.7 Å². The molecule has 5 nitrogen and oxygen atoms in total. The second kappa shape index (κ2) is 7.36. The number of hydrogen-bond acceptors (Lipinski definition) is 3. The molecule has 24 heavy (non-hydrogen) atoms. The van der Waals surface area contributed by atoms with Crippen LogP contribution >= 0.6 is 11.6 Å². The molecule has 6 heteroatoms. The highest BCUT2D eigenvalue weighted by Crippen LogP contribution is 2.25. The molecule has 0 unspecified atom stereocenters. The van der Waals surface area contributed by atoms with Crippen molar-refractivity contribution in [2.24, 2.45) is 0 Å². The van der Waals surface area contributed by atoms with E-state index in [-0.39, 0.29) is 5.91 Å². The Bertz CT molecular complexity index is 860. The topological polar surface area (TPSA) is 67.0 Å². The average molecular weight is 344 g/mol. The first-order valence-corrected chi connectivity index (χ1v) is 8.18. The highest BCUT2D eigenvalue weighted by atomic mass is 35.5. The Kier molecular flexibility index (Phi) is 5.01. The van der Waals surface area contributed by atoms with Crippen LogP contribution in [-0.4, -0.2) is 29.0 Å². The van der Waals surface area contributed by atoms with E-state index in [2.05, 4.69) is 15.3 Å². The van der Waals surface area contributed by atoms with Gasteiger partial charge in [0.1, 0.15) is 0 Å². The van der Waals surface area contributed by atoms with Gasteiger partial charge in [0, 0.05) is 36.0 Å². The van der Waals surface area contributed by atoms with Crippen LogP contribution in [0.4, 0.5) is 0 Å². The Hall–Kier alpha value is -2.53. The molecule has 0 saturated carbocycles. The van der Waals surface area contributed by atoms with Gasteiger partial charge in [-0.05, 0) is 31.0 Å². The SMILES string of the molecule is CCOc1cc(C(=O)NCCc2c[nH]c3c(Cl)cccc23)ccn1. The van der Waals surface area contributed by atoms with E-state index < -0.39 is 0 Å². The number of rotatable bonds is 6. The summed E-state index contributed by atoms with van der Waals surface area (Å²) in [6.45, 7) is 2.92. The van der Waals surface area contributed by atoms with Crippen molar-refractivity contribution in [3.8, 4) is 5.88 Å². The number of H-pyrrole nitrogens is 1. The third-order valence-corrected chi connectivity index (χ3v) is 4.03. The molecule has 0 aliphatic heterocycles. The number of nitrogens with zero attached hydrogens (tertiary/aromatic N) is 1. The van der Waals surface area contributed by atoms with E-state index >= 15 is 0 Å². The quantitative estimate of drug-likeness (QED) is 0.718. The maximum atomic E-state index is 12.2. The van der Waals surface area contributed by atoms with Gasteiger partial charge >= 0.3 is 0 Å². The predicted octanol–water partition coefficient (Wildman–Crippen LogP) is 3.59. The number of hydrogen-bond donors (Lipinski definition) is 2. The Balaban J connectivity index is 1.62. The summed E-state index contributed by atoms with van der Waals surface area (Å²) in [7, 11) is 0. The van der Waals surface area contributed by atoms with Crippen LogP contribution in [0.3, 0.4) is 0 Å². The van der Waals surface area contributed by atoms with Crippen molar-refractivity contribution < 1.29 is 9.53 Å². The van der Waals surface area contributed by atoms with Crippen LogP contribution in [-0.2, 0) is 6.42 Å². The molecular formula is C18H18ClN3O2. The Labute approximate surface area is 145 Å². The minimum Gasteiger partial charge on any atom is -0.478 e. The number of aromatic nitrogens is 2. The van der Waals surface area contributed by atoms with Crippen LogP contribution in [0.15, 0.2) is 42.7 Å². The van der Waals surface area contributed by atoms with Crippen LogP contribution in [0.1, 0.15) is 22.8 Å². The van der Waals surface area contributed by atoms with Crippen LogP contribution in [0.2, 0.25) is 5.02 Å². The molecule has 0 atom stereocenters. The number of aromatic amines is 1. The summed E-state index contributed by atoms with van der Waals surface area (Å²) in [6.07, 6.45) is 4.22. The van der Waals surface area contributed by atoms with E-state index in [1.54, 1.807) is 18.3 Å². The van der Waals surface area contributed by atoms with Crippen molar-refractivity contribution in [3.05, 3.63) is 58.9 Å². The molecule has 0 bridgehead atoms. The van der Waals surface area contributed by atoms with Gasteiger partial charge in [0.15, 0.2) is 0 Å². The fourth-order valence-electron chi connectivity index (χ4n) is 2.57. The summed E-state index contributed by atoms with van der Waals surface area (Å²) in [5.41, 5.74) is 2.59. The summed E-state index contributed by atoms with van der Waals surface area (Å²) >= 11 is 6.16. The number of ether oxygens (including phenoxy) is 1. The Morgan fingerprint density at radius 3 is 3.08 bits per heavy atom. The number of carbonyl (C=O) groups is 1. The molecule has 3 aromatic rings. The lowest BCUT2D eigenvalue weighted by molar-refractivity contribution is 0.0953. The van der Waals surface area contributed by atoms with E-state index in [0.29, 0.717) is 29.6 Å². The molecule has 0 aliphatic carbocycles. The first kappa shape index (κ1) is 16.3. The molecule has 0 radical (unpaired) electrons. The second-order valence-electron chi connectivity index (χ2n) is 5.30. The fraction of sp³-hybridized carbons (Fsp3) is 0.222. The number of amides is 1. The molecule has 2 N–H and O–H groups in total. The predicted molar refractivity (Wildman–Crippen MR) is 94.8 cm³/mol. The molecule has 2 aromatic heterocycles. The fourth-order valence-corrected chi connectivity index (χ4v) is 2.80. The molecule has 124 valence electrons. The van der Waals surface area contributed by atoms with Crippen molar-refractivity contribution >= 4 is 28.4 Å².